The van der Waals surface area contributed by atoms with E-state index in [2.05, 4.69) is 26.2 Å². The van der Waals surface area contributed by atoms with Crippen LogP contribution in [0, 0.1) is 0 Å². The van der Waals surface area contributed by atoms with Crippen molar-refractivity contribution in [1.29, 1.82) is 0 Å². The summed E-state index contributed by atoms with van der Waals surface area (Å²) in [4.78, 5) is 16.5. The van der Waals surface area contributed by atoms with Gasteiger partial charge in [0.15, 0.2) is 0 Å². The number of nitrogens with zero attached hydrogens (tertiary/aromatic N) is 1. The molecule has 0 radical (unpaired) electrons. The number of carbonyl (C=O) groups is 1. The van der Waals surface area contributed by atoms with E-state index < -0.39 is 0 Å². The number of para-hydroxylation sites is 1. The Morgan fingerprint density at radius 3 is 2.60 bits per heavy atom. The van der Waals surface area contributed by atoms with Gasteiger partial charge in [-0.05, 0) is 24.3 Å². The largest absolute Gasteiger partial charge is 0.320 e. The van der Waals surface area contributed by atoms with Crippen LogP contribution in [-0.4, -0.2) is 10.9 Å². The number of rotatable bonds is 2. The Kier molecular flexibility index (Phi) is 3.48. The first-order valence-corrected chi connectivity index (χ1v) is 6.94. The molecule has 0 atom stereocenters. The Bertz CT molecular complexity index is 772. The van der Waals surface area contributed by atoms with E-state index >= 15 is 0 Å². The van der Waals surface area contributed by atoms with Crippen LogP contribution in [0.3, 0.4) is 0 Å². The van der Waals surface area contributed by atoms with E-state index in [9.17, 15) is 4.79 Å². The first-order valence-electron chi connectivity index (χ1n) is 6.15. The normalized spacial score (nSPS) is 10.4. The van der Waals surface area contributed by atoms with E-state index in [-0.39, 0.29) is 5.91 Å². The monoisotopic (exact) mass is 326 g/mol. The van der Waals surface area contributed by atoms with E-state index in [4.69, 9.17) is 0 Å². The number of hydrogen-bond donors (Lipinski definition) is 1. The molecule has 4 heteroatoms. The fraction of sp³-hybridized carbons (Fsp3) is 0. The average Bonchev–Trinajstić information content (AvgIpc) is 2.49. The molecule has 0 aliphatic heterocycles. The van der Waals surface area contributed by atoms with Crippen LogP contribution in [0.4, 0.5) is 5.69 Å². The molecule has 0 aliphatic carbocycles. The molecule has 1 N–H and O–H groups in total. The topological polar surface area (TPSA) is 42.0 Å². The van der Waals surface area contributed by atoms with Crippen LogP contribution in [-0.2, 0) is 0 Å². The van der Waals surface area contributed by atoms with Gasteiger partial charge in [0, 0.05) is 21.6 Å². The summed E-state index contributed by atoms with van der Waals surface area (Å²) in [5, 5.41) is 3.88. The molecule has 0 saturated carbocycles. The van der Waals surface area contributed by atoms with Gasteiger partial charge in [0.2, 0.25) is 0 Å². The number of amides is 1. The lowest BCUT2D eigenvalue weighted by atomic mass is 10.1. The van der Waals surface area contributed by atoms with Crippen LogP contribution >= 0.6 is 15.9 Å². The predicted octanol–water partition coefficient (Wildman–Crippen LogP) is 4.25. The molecule has 0 bridgehead atoms. The van der Waals surface area contributed by atoms with Crippen molar-refractivity contribution in [2.24, 2.45) is 0 Å². The number of anilines is 1. The van der Waals surface area contributed by atoms with E-state index in [1.807, 2.05) is 42.5 Å². The molecular formula is C16H11BrN2O. The van der Waals surface area contributed by atoms with Crippen LogP contribution < -0.4 is 5.32 Å². The van der Waals surface area contributed by atoms with Crippen molar-refractivity contribution >= 4 is 38.4 Å². The molecule has 0 spiro atoms. The number of aromatic nitrogens is 1. The fourth-order valence-electron chi connectivity index (χ4n) is 2.03. The predicted molar refractivity (Wildman–Crippen MR) is 83.8 cm³/mol. The van der Waals surface area contributed by atoms with Crippen LogP contribution in [0.15, 0.2) is 65.3 Å². The van der Waals surface area contributed by atoms with Crippen molar-refractivity contribution in [2.75, 3.05) is 5.32 Å². The Balaban J connectivity index is 2.00. The highest BCUT2D eigenvalue weighted by molar-refractivity contribution is 9.10. The Labute approximate surface area is 124 Å². The summed E-state index contributed by atoms with van der Waals surface area (Å²) >= 11 is 3.49. The average molecular weight is 327 g/mol. The van der Waals surface area contributed by atoms with Gasteiger partial charge in [-0.25, -0.2) is 0 Å². The Morgan fingerprint density at radius 1 is 1.00 bits per heavy atom. The molecule has 0 unspecified atom stereocenters. The third kappa shape index (κ3) is 2.42. The van der Waals surface area contributed by atoms with Crippen molar-refractivity contribution in [2.45, 2.75) is 0 Å². The first-order chi connectivity index (χ1) is 9.75. The minimum absolute atomic E-state index is 0.139. The third-order valence-electron chi connectivity index (χ3n) is 3.00. The van der Waals surface area contributed by atoms with Gasteiger partial charge in [0.05, 0.1) is 11.2 Å². The molecule has 0 saturated heterocycles. The van der Waals surface area contributed by atoms with Gasteiger partial charge in [-0.1, -0.05) is 46.3 Å². The second-order valence-electron chi connectivity index (χ2n) is 4.31. The lowest BCUT2D eigenvalue weighted by molar-refractivity contribution is 0.102. The summed E-state index contributed by atoms with van der Waals surface area (Å²) in [6, 6.07) is 16.7. The van der Waals surface area contributed by atoms with Crippen LogP contribution in [0.1, 0.15) is 10.4 Å². The molecule has 0 aliphatic rings. The second-order valence-corrected chi connectivity index (χ2v) is 5.17. The van der Waals surface area contributed by atoms with Crippen LogP contribution in [0.5, 0.6) is 0 Å². The number of nitrogens with one attached hydrogen (secondary N) is 1. The molecule has 3 rings (SSSR count). The molecule has 0 fully saturated rings. The molecule has 2 aromatic carbocycles. The maximum atomic E-state index is 12.2. The van der Waals surface area contributed by atoms with Gasteiger partial charge in [-0.15, -0.1) is 0 Å². The van der Waals surface area contributed by atoms with Gasteiger partial charge in [0.25, 0.3) is 5.91 Å². The number of halogens is 1. The SMILES string of the molecule is O=C(Nc1cccc2c(Br)ccnc12)c1ccccc1. The minimum Gasteiger partial charge on any atom is -0.320 e. The molecule has 3 aromatic rings. The van der Waals surface area contributed by atoms with Crippen molar-refractivity contribution in [3.05, 3.63) is 70.8 Å². The first kappa shape index (κ1) is 12.8. The maximum Gasteiger partial charge on any atom is 0.255 e. The van der Waals surface area contributed by atoms with Gasteiger partial charge in [-0.3, -0.25) is 9.78 Å². The minimum atomic E-state index is -0.139. The van der Waals surface area contributed by atoms with E-state index in [0.717, 1.165) is 15.4 Å². The zero-order valence-electron chi connectivity index (χ0n) is 10.5. The van der Waals surface area contributed by atoms with Gasteiger partial charge in [-0.2, -0.15) is 0 Å². The highest BCUT2D eigenvalue weighted by Gasteiger charge is 2.09. The lowest BCUT2D eigenvalue weighted by Crippen LogP contribution is -2.12. The molecule has 1 aromatic heterocycles. The quantitative estimate of drug-likeness (QED) is 0.764. The van der Waals surface area contributed by atoms with E-state index in [1.54, 1.807) is 18.3 Å². The summed E-state index contributed by atoms with van der Waals surface area (Å²) < 4.78 is 0.957. The van der Waals surface area contributed by atoms with Gasteiger partial charge in [0.1, 0.15) is 0 Å². The van der Waals surface area contributed by atoms with Crippen LogP contribution in [0.2, 0.25) is 0 Å². The lowest BCUT2D eigenvalue weighted by Gasteiger charge is -2.08. The molecule has 20 heavy (non-hydrogen) atoms. The molecular weight excluding hydrogens is 316 g/mol. The van der Waals surface area contributed by atoms with Crippen molar-refractivity contribution in [3.8, 4) is 0 Å². The summed E-state index contributed by atoms with van der Waals surface area (Å²) in [7, 11) is 0. The summed E-state index contributed by atoms with van der Waals surface area (Å²) in [5.41, 5.74) is 2.10. The highest BCUT2D eigenvalue weighted by atomic mass is 79.9. The molecule has 98 valence electrons. The van der Waals surface area contributed by atoms with Crippen molar-refractivity contribution in [3.63, 3.8) is 0 Å². The summed E-state index contributed by atoms with van der Waals surface area (Å²) in [5.74, 6) is -0.139. The second kappa shape index (κ2) is 5.43. The highest BCUT2D eigenvalue weighted by Crippen LogP contribution is 2.27. The maximum absolute atomic E-state index is 12.2. The van der Waals surface area contributed by atoms with E-state index in [1.165, 1.54) is 0 Å². The molecule has 1 amide bonds. The van der Waals surface area contributed by atoms with Gasteiger partial charge >= 0.3 is 0 Å². The number of pyridine rings is 1. The smallest absolute Gasteiger partial charge is 0.255 e. The third-order valence-corrected chi connectivity index (χ3v) is 3.69. The zero-order valence-corrected chi connectivity index (χ0v) is 12.1. The number of benzene rings is 2. The molecule has 1 heterocycles. The number of fused-ring (bicyclic) bond motifs is 1. The zero-order chi connectivity index (χ0) is 13.9. The summed E-state index contributed by atoms with van der Waals surface area (Å²) in [6.45, 7) is 0. The van der Waals surface area contributed by atoms with E-state index in [0.29, 0.717) is 11.3 Å². The standard InChI is InChI=1S/C16H11BrN2O/c17-13-9-10-18-15-12(13)7-4-8-14(15)19-16(20)11-5-2-1-3-6-11/h1-10H,(H,19,20). The Morgan fingerprint density at radius 2 is 1.80 bits per heavy atom. The number of hydrogen-bond acceptors (Lipinski definition) is 2. The Hall–Kier alpha value is -2.20. The number of carbonyl (C=O) groups excluding carboxylic acids is 1. The fourth-order valence-corrected chi connectivity index (χ4v) is 2.47. The summed E-state index contributed by atoms with van der Waals surface area (Å²) in [6.07, 6.45) is 1.71. The van der Waals surface area contributed by atoms with Crippen molar-refractivity contribution < 1.29 is 4.79 Å². The van der Waals surface area contributed by atoms with Gasteiger partial charge < -0.3 is 5.32 Å². The van der Waals surface area contributed by atoms with Crippen molar-refractivity contribution in [1.82, 2.24) is 4.98 Å². The molecule has 3 nitrogen and oxygen atoms in total. The van der Waals surface area contributed by atoms with Crippen LogP contribution in [0.25, 0.3) is 10.9 Å².